The van der Waals surface area contributed by atoms with Crippen molar-refractivity contribution in [3.63, 3.8) is 0 Å². The predicted molar refractivity (Wildman–Crippen MR) is 90.3 cm³/mol. The summed E-state index contributed by atoms with van der Waals surface area (Å²) in [6.07, 6.45) is 7.65. The maximum Gasteiger partial charge on any atom is 0.168 e. The summed E-state index contributed by atoms with van der Waals surface area (Å²) >= 11 is 12.7. The number of Topliss-reactive ketones (excluding diaryl/α,β-unsaturated/α-hetero) is 1. The van der Waals surface area contributed by atoms with E-state index >= 15 is 0 Å². The largest absolute Gasteiger partial charge is 0.492 e. The fourth-order valence-corrected chi connectivity index (χ4v) is 4.28. The molecule has 4 heteroatoms. The van der Waals surface area contributed by atoms with Crippen LogP contribution >= 0.6 is 23.2 Å². The Kier molecular flexibility index (Phi) is 4.99. The van der Waals surface area contributed by atoms with E-state index in [4.69, 9.17) is 27.9 Å². The van der Waals surface area contributed by atoms with E-state index in [1.54, 1.807) is 0 Å². The molecule has 0 saturated heterocycles. The van der Waals surface area contributed by atoms with Gasteiger partial charge < -0.3 is 4.74 Å². The molecule has 1 unspecified atom stereocenters. The van der Waals surface area contributed by atoms with Gasteiger partial charge in [-0.1, -0.05) is 49.4 Å². The summed E-state index contributed by atoms with van der Waals surface area (Å²) in [5.41, 5.74) is 1.66. The van der Waals surface area contributed by atoms with E-state index in [1.807, 2.05) is 6.07 Å². The molecule has 2 aliphatic carbocycles. The van der Waals surface area contributed by atoms with Crippen LogP contribution in [0.1, 0.15) is 61.4 Å². The van der Waals surface area contributed by atoms with Crippen molar-refractivity contribution in [1.29, 1.82) is 0 Å². The number of hydrogen-bond acceptors (Lipinski definition) is 2. The predicted octanol–water partition coefficient (Wildman–Crippen LogP) is 5.72. The van der Waals surface area contributed by atoms with Gasteiger partial charge in [0.25, 0.3) is 0 Å². The summed E-state index contributed by atoms with van der Waals surface area (Å²) in [5, 5.41) is 0.771. The van der Waals surface area contributed by atoms with E-state index in [-0.39, 0.29) is 11.7 Å². The fraction of sp³-hybridized carbons (Fsp3) is 0.611. The van der Waals surface area contributed by atoms with Gasteiger partial charge in [-0.3, -0.25) is 4.79 Å². The molecule has 2 nitrogen and oxygen atoms in total. The van der Waals surface area contributed by atoms with Gasteiger partial charge in [-0.25, -0.2) is 0 Å². The van der Waals surface area contributed by atoms with Crippen LogP contribution in [0.2, 0.25) is 10.0 Å². The summed E-state index contributed by atoms with van der Waals surface area (Å²) in [4.78, 5) is 12.7. The number of unbranched alkanes of at least 4 members (excludes halogenated alkanes) is 1. The molecule has 0 N–H and O–H groups in total. The standard InChI is InChI=1S/C18H22Cl2O2/c1-2-3-8-22-14-10-12-9-13(11-6-4-5-7-11)18(21)15(12)17(20)16(14)19/h10-11,13H,2-9H2,1H3. The highest BCUT2D eigenvalue weighted by Gasteiger charge is 2.39. The summed E-state index contributed by atoms with van der Waals surface area (Å²) in [5.74, 6) is 1.42. The van der Waals surface area contributed by atoms with Crippen LogP contribution in [0.15, 0.2) is 6.07 Å². The van der Waals surface area contributed by atoms with E-state index < -0.39 is 0 Å². The van der Waals surface area contributed by atoms with Gasteiger partial charge in [0, 0.05) is 11.5 Å². The number of halogens is 2. The van der Waals surface area contributed by atoms with Crippen molar-refractivity contribution in [2.45, 2.75) is 51.9 Å². The number of rotatable bonds is 5. The van der Waals surface area contributed by atoms with E-state index in [0.717, 1.165) is 37.7 Å². The first-order chi connectivity index (χ1) is 10.6. The van der Waals surface area contributed by atoms with Crippen molar-refractivity contribution in [3.8, 4) is 5.75 Å². The molecule has 2 aliphatic rings. The van der Waals surface area contributed by atoms with Gasteiger partial charge >= 0.3 is 0 Å². The van der Waals surface area contributed by atoms with Gasteiger partial charge in [0.1, 0.15) is 10.8 Å². The first-order valence-electron chi connectivity index (χ1n) is 8.31. The SMILES string of the molecule is CCCCOc1cc2c(c(Cl)c1Cl)C(=O)C(C1CCCC1)C2. The topological polar surface area (TPSA) is 26.3 Å². The lowest BCUT2D eigenvalue weighted by Gasteiger charge is -2.15. The quantitative estimate of drug-likeness (QED) is 0.641. The second-order valence-corrected chi connectivity index (χ2v) is 7.21. The minimum atomic E-state index is 0.0944. The highest BCUT2D eigenvalue weighted by molar-refractivity contribution is 6.45. The average Bonchev–Trinajstić information content (AvgIpc) is 3.12. The van der Waals surface area contributed by atoms with E-state index in [0.29, 0.717) is 33.9 Å². The Bertz CT molecular complexity index is 577. The lowest BCUT2D eigenvalue weighted by atomic mass is 9.88. The first-order valence-corrected chi connectivity index (χ1v) is 9.07. The molecule has 22 heavy (non-hydrogen) atoms. The Morgan fingerprint density at radius 2 is 1.95 bits per heavy atom. The Morgan fingerprint density at radius 3 is 2.64 bits per heavy atom. The van der Waals surface area contributed by atoms with Crippen LogP contribution in [-0.2, 0) is 6.42 Å². The normalized spacial score (nSPS) is 21.4. The van der Waals surface area contributed by atoms with Gasteiger partial charge in [0.15, 0.2) is 5.78 Å². The number of ether oxygens (including phenoxy) is 1. The molecule has 1 aromatic rings. The molecule has 0 bridgehead atoms. The number of carbonyl (C=O) groups excluding carboxylic acids is 1. The highest BCUT2D eigenvalue weighted by atomic mass is 35.5. The molecule has 0 spiro atoms. The molecule has 120 valence electrons. The monoisotopic (exact) mass is 340 g/mol. The second-order valence-electron chi connectivity index (χ2n) is 6.46. The van der Waals surface area contributed by atoms with Crippen LogP contribution in [0.5, 0.6) is 5.75 Å². The highest BCUT2D eigenvalue weighted by Crippen LogP contribution is 2.46. The lowest BCUT2D eigenvalue weighted by Crippen LogP contribution is -2.18. The van der Waals surface area contributed by atoms with Crippen LogP contribution in [0, 0.1) is 11.8 Å². The van der Waals surface area contributed by atoms with Crippen molar-refractivity contribution in [2.75, 3.05) is 6.61 Å². The Balaban J connectivity index is 1.86. The zero-order valence-corrected chi connectivity index (χ0v) is 14.5. The molecular weight excluding hydrogens is 319 g/mol. The van der Waals surface area contributed by atoms with Crippen molar-refractivity contribution in [3.05, 3.63) is 27.2 Å². The Hall–Kier alpha value is -0.730. The third kappa shape index (κ3) is 2.88. The van der Waals surface area contributed by atoms with Crippen LogP contribution in [0.4, 0.5) is 0 Å². The van der Waals surface area contributed by atoms with Gasteiger partial charge in [-0.05, 0) is 43.2 Å². The van der Waals surface area contributed by atoms with Gasteiger partial charge in [0.2, 0.25) is 0 Å². The van der Waals surface area contributed by atoms with Crippen LogP contribution < -0.4 is 4.74 Å². The fourth-order valence-electron chi connectivity index (χ4n) is 3.77. The maximum atomic E-state index is 12.7. The zero-order chi connectivity index (χ0) is 15.7. The molecule has 1 atom stereocenters. The second kappa shape index (κ2) is 6.80. The summed E-state index contributed by atoms with van der Waals surface area (Å²) in [6.45, 7) is 2.75. The number of carbonyl (C=O) groups is 1. The molecule has 0 radical (unpaired) electrons. The van der Waals surface area contributed by atoms with Crippen LogP contribution in [-0.4, -0.2) is 12.4 Å². The smallest absolute Gasteiger partial charge is 0.168 e. The summed E-state index contributed by atoms with van der Waals surface area (Å²) in [7, 11) is 0. The Morgan fingerprint density at radius 1 is 1.23 bits per heavy atom. The minimum absolute atomic E-state index is 0.0944. The van der Waals surface area contributed by atoms with Gasteiger partial charge in [0.05, 0.1) is 11.6 Å². The van der Waals surface area contributed by atoms with Crippen molar-refractivity contribution < 1.29 is 9.53 Å². The molecule has 0 amide bonds. The summed E-state index contributed by atoms with van der Waals surface area (Å²) in [6, 6.07) is 1.94. The molecule has 1 fully saturated rings. The number of fused-ring (bicyclic) bond motifs is 1. The Labute approximate surface area is 142 Å². The van der Waals surface area contributed by atoms with Gasteiger partial charge in [-0.2, -0.15) is 0 Å². The third-order valence-corrected chi connectivity index (χ3v) is 5.85. The maximum absolute atomic E-state index is 12.7. The van der Waals surface area contributed by atoms with Crippen molar-refractivity contribution >= 4 is 29.0 Å². The summed E-state index contributed by atoms with van der Waals surface area (Å²) < 4.78 is 5.75. The number of benzene rings is 1. The molecule has 0 aliphatic heterocycles. The molecule has 1 saturated carbocycles. The third-order valence-electron chi connectivity index (χ3n) is 5.00. The minimum Gasteiger partial charge on any atom is -0.492 e. The lowest BCUT2D eigenvalue weighted by molar-refractivity contribution is 0.0894. The van der Waals surface area contributed by atoms with E-state index in [1.165, 1.54) is 12.8 Å². The zero-order valence-electron chi connectivity index (χ0n) is 13.0. The van der Waals surface area contributed by atoms with E-state index in [2.05, 4.69) is 6.92 Å². The van der Waals surface area contributed by atoms with Gasteiger partial charge in [-0.15, -0.1) is 0 Å². The van der Waals surface area contributed by atoms with E-state index in [9.17, 15) is 4.79 Å². The average molecular weight is 341 g/mol. The number of hydrogen-bond donors (Lipinski definition) is 0. The first kappa shape index (κ1) is 16.1. The molecule has 0 heterocycles. The molecule has 3 rings (SSSR count). The molecule has 0 aromatic heterocycles. The molecule has 1 aromatic carbocycles. The molecular formula is C18H22Cl2O2. The van der Waals surface area contributed by atoms with Crippen LogP contribution in [0.25, 0.3) is 0 Å². The van der Waals surface area contributed by atoms with Crippen molar-refractivity contribution in [1.82, 2.24) is 0 Å². The van der Waals surface area contributed by atoms with Crippen LogP contribution in [0.3, 0.4) is 0 Å². The number of ketones is 1. The van der Waals surface area contributed by atoms with Crippen molar-refractivity contribution in [2.24, 2.45) is 11.8 Å².